The number of hydrogen-bond acceptors (Lipinski definition) is 5. The van der Waals surface area contributed by atoms with Crippen molar-refractivity contribution in [1.29, 1.82) is 0 Å². The maximum Gasteiger partial charge on any atom is 0.232 e. The molecule has 0 fully saturated rings. The van der Waals surface area contributed by atoms with Crippen LogP contribution < -0.4 is 14.2 Å². The van der Waals surface area contributed by atoms with Crippen LogP contribution in [0.25, 0.3) is 6.08 Å². The van der Waals surface area contributed by atoms with Crippen molar-refractivity contribution in [3.8, 4) is 17.2 Å². The van der Waals surface area contributed by atoms with Crippen LogP contribution in [-0.4, -0.2) is 25.3 Å². The van der Waals surface area contributed by atoms with Crippen molar-refractivity contribution in [2.24, 2.45) is 0 Å². The average molecular weight is 418 g/mol. The Morgan fingerprint density at radius 1 is 1.06 bits per heavy atom. The summed E-state index contributed by atoms with van der Waals surface area (Å²) in [5, 5.41) is 0. The highest BCUT2D eigenvalue weighted by atomic mass is 19.1. The van der Waals surface area contributed by atoms with Crippen LogP contribution in [0.4, 0.5) is 4.39 Å². The van der Waals surface area contributed by atoms with Gasteiger partial charge in [-0.1, -0.05) is 18.2 Å². The van der Waals surface area contributed by atoms with Gasteiger partial charge in [0.25, 0.3) is 0 Å². The first-order valence-electron chi connectivity index (χ1n) is 9.59. The number of benzene rings is 3. The van der Waals surface area contributed by atoms with Crippen molar-refractivity contribution in [3.05, 3.63) is 94.5 Å². The van der Waals surface area contributed by atoms with Gasteiger partial charge in [-0.3, -0.25) is 9.59 Å². The summed E-state index contributed by atoms with van der Waals surface area (Å²) in [6.07, 6.45) is 1.38. The molecule has 0 unspecified atom stereocenters. The Morgan fingerprint density at radius 3 is 2.52 bits per heavy atom. The number of ether oxygens (including phenoxy) is 3. The zero-order chi connectivity index (χ0) is 22.0. The number of ketones is 2. The fourth-order valence-corrected chi connectivity index (χ4v) is 3.30. The number of fused-ring (bicyclic) bond motifs is 1. The second kappa shape index (κ2) is 8.44. The summed E-state index contributed by atoms with van der Waals surface area (Å²) in [6.45, 7) is 1.58. The lowest BCUT2D eigenvalue weighted by atomic mass is 10.0. The Labute approximate surface area is 178 Å². The Morgan fingerprint density at radius 2 is 1.81 bits per heavy atom. The molecule has 0 N–H and O–H groups in total. The molecule has 6 heteroatoms. The first-order valence-corrected chi connectivity index (χ1v) is 9.59. The van der Waals surface area contributed by atoms with Gasteiger partial charge in [-0.25, -0.2) is 4.39 Å². The molecule has 0 bridgehead atoms. The van der Waals surface area contributed by atoms with E-state index in [1.165, 1.54) is 12.1 Å². The van der Waals surface area contributed by atoms with E-state index in [0.717, 1.165) is 0 Å². The number of halogens is 1. The molecule has 31 heavy (non-hydrogen) atoms. The largest absolute Gasteiger partial charge is 0.497 e. The molecular formula is C25H19FO5. The Hall–Kier alpha value is -3.93. The smallest absolute Gasteiger partial charge is 0.232 e. The summed E-state index contributed by atoms with van der Waals surface area (Å²) >= 11 is 0. The molecular weight excluding hydrogens is 399 g/mol. The van der Waals surface area contributed by atoms with Gasteiger partial charge in [-0.15, -0.1) is 0 Å². The number of aryl methyl sites for hydroxylation is 1. The van der Waals surface area contributed by atoms with Gasteiger partial charge in [0.1, 0.15) is 23.1 Å². The van der Waals surface area contributed by atoms with E-state index in [2.05, 4.69) is 0 Å². The third-order valence-corrected chi connectivity index (χ3v) is 4.92. The molecule has 0 aromatic heterocycles. The van der Waals surface area contributed by atoms with E-state index in [-0.39, 0.29) is 29.5 Å². The van der Waals surface area contributed by atoms with Gasteiger partial charge < -0.3 is 14.2 Å². The lowest BCUT2D eigenvalue weighted by Gasteiger charge is -2.09. The summed E-state index contributed by atoms with van der Waals surface area (Å²) in [5.74, 6) is 0.453. The Bertz CT molecular complexity index is 1200. The molecule has 0 radical (unpaired) electrons. The van der Waals surface area contributed by atoms with Crippen LogP contribution in [0.2, 0.25) is 0 Å². The molecule has 1 aliphatic rings. The minimum atomic E-state index is -0.444. The van der Waals surface area contributed by atoms with E-state index in [1.807, 2.05) is 0 Å². The second-order valence-corrected chi connectivity index (χ2v) is 7.01. The number of carbonyl (C=O) groups excluding carboxylic acids is 2. The number of methoxy groups -OCH3 is 1. The van der Waals surface area contributed by atoms with Crippen molar-refractivity contribution >= 4 is 17.6 Å². The fraction of sp³-hybridized carbons (Fsp3) is 0.120. The van der Waals surface area contributed by atoms with Crippen molar-refractivity contribution in [2.45, 2.75) is 6.92 Å². The van der Waals surface area contributed by atoms with E-state index >= 15 is 0 Å². The summed E-state index contributed by atoms with van der Waals surface area (Å²) in [5.41, 5.74) is 1.81. The van der Waals surface area contributed by atoms with Gasteiger partial charge in [0.2, 0.25) is 5.78 Å². The zero-order valence-corrected chi connectivity index (χ0v) is 17.0. The Balaban J connectivity index is 1.51. The van der Waals surface area contributed by atoms with Gasteiger partial charge >= 0.3 is 0 Å². The van der Waals surface area contributed by atoms with Gasteiger partial charge in [0, 0.05) is 17.2 Å². The fourth-order valence-electron chi connectivity index (χ4n) is 3.30. The third kappa shape index (κ3) is 4.19. The van der Waals surface area contributed by atoms with E-state index in [9.17, 15) is 14.0 Å². The van der Waals surface area contributed by atoms with Gasteiger partial charge in [0.15, 0.2) is 18.1 Å². The molecule has 3 aromatic carbocycles. The van der Waals surface area contributed by atoms with Crippen molar-refractivity contribution in [2.75, 3.05) is 13.7 Å². The molecule has 0 aliphatic carbocycles. The number of carbonyl (C=O) groups is 2. The second-order valence-electron chi connectivity index (χ2n) is 7.01. The maximum atomic E-state index is 13.9. The van der Waals surface area contributed by atoms with Gasteiger partial charge in [0.05, 0.1) is 12.7 Å². The van der Waals surface area contributed by atoms with Crippen LogP contribution in [0.3, 0.4) is 0 Å². The lowest BCUT2D eigenvalue weighted by Crippen LogP contribution is -2.11. The molecule has 1 heterocycles. The molecule has 0 saturated heterocycles. The highest BCUT2D eigenvalue weighted by Gasteiger charge is 2.30. The van der Waals surface area contributed by atoms with Gasteiger partial charge in [-0.2, -0.15) is 0 Å². The average Bonchev–Trinajstić information content (AvgIpc) is 3.09. The van der Waals surface area contributed by atoms with Gasteiger partial charge in [-0.05, 0) is 55.0 Å². The maximum absolute atomic E-state index is 13.9. The molecule has 4 rings (SSSR count). The predicted octanol–water partition coefficient (Wildman–Crippen LogP) is 5.02. The first-order chi connectivity index (χ1) is 15.0. The minimum Gasteiger partial charge on any atom is -0.497 e. The molecule has 5 nitrogen and oxygen atoms in total. The quantitative estimate of drug-likeness (QED) is 0.416. The van der Waals surface area contributed by atoms with E-state index < -0.39 is 5.82 Å². The first kappa shape index (κ1) is 20.3. The van der Waals surface area contributed by atoms with Crippen LogP contribution in [0.1, 0.15) is 31.8 Å². The standard InChI is InChI=1S/C25H19FO5/c1-15-11-19(30-14-21(27)16-7-9-18(29-2)10-8-16)13-22-24(15)25(28)23(31-22)12-17-5-3-4-6-20(17)26/h3-13H,14H2,1-2H3/b23-12-. The van der Waals surface area contributed by atoms with Crippen molar-refractivity contribution in [1.82, 2.24) is 0 Å². The summed E-state index contributed by atoms with van der Waals surface area (Å²) in [4.78, 5) is 25.1. The molecule has 0 amide bonds. The Kier molecular flexibility index (Phi) is 5.54. The molecule has 0 atom stereocenters. The molecule has 0 spiro atoms. The molecule has 156 valence electrons. The number of Topliss-reactive ketones (excluding diaryl/α,β-unsaturated/α-hetero) is 2. The summed E-state index contributed by atoms with van der Waals surface area (Å²) in [7, 11) is 1.56. The number of allylic oxidation sites excluding steroid dienone is 1. The van der Waals surface area contributed by atoms with Crippen LogP contribution in [0.5, 0.6) is 17.2 Å². The number of hydrogen-bond donors (Lipinski definition) is 0. The third-order valence-electron chi connectivity index (χ3n) is 4.92. The van der Waals surface area contributed by atoms with Crippen LogP contribution in [0, 0.1) is 12.7 Å². The van der Waals surface area contributed by atoms with Crippen molar-refractivity contribution < 1.29 is 28.2 Å². The normalized spacial score (nSPS) is 13.6. The van der Waals surface area contributed by atoms with Crippen molar-refractivity contribution in [3.63, 3.8) is 0 Å². The van der Waals surface area contributed by atoms with Crippen LogP contribution in [0.15, 0.2) is 66.4 Å². The summed E-state index contributed by atoms with van der Waals surface area (Å²) in [6, 6.07) is 16.1. The highest BCUT2D eigenvalue weighted by Crippen LogP contribution is 2.37. The zero-order valence-electron chi connectivity index (χ0n) is 17.0. The molecule has 0 saturated carbocycles. The van der Waals surface area contributed by atoms with E-state index in [0.29, 0.717) is 33.9 Å². The van der Waals surface area contributed by atoms with Crippen LogP contribution >= 0.6 is 0 Å². The van der Waals surface area contributed by atoms with E-state index in [1.54, 1.807) is 68.6 Å². The SMILES string of the molecule is COc1ccc(C(=O)COc2cc(C)c3c(c2)O/C(=C\c2ccccc2F)C3=O)cc1. The number of rotatable bonds is 6. The minimum absolute atomic E-state index is 0.0367. The van der Waals surface area contributed by atoms with Crippen LogP contribution in [-0.2, 0) is 0 Å². The predicted molar refractivity (Wildman–Crippen MR) is 113 cm³/mol. The topological polar surface area (TPSA) is 61.8 Å². The molecule has 3 aromatic rings. The highest BCUT2D eigenvalue weighted by molar-refractivity contribution is 6.15. The monoisotopic (exact) mass is 418 g/mol. The summed E-state index contributed by atoms with van der Waals surface area (Å²) < 4.78 is 30.3. The van der Waals surface area contributed by atoms with E-state index in [4.69, 9.17) is 14.2 Å². The molecule has 1 aliphatic heterocycles. The lowest BCUT2D eigenvalue weighted by molar-refractivity contribution is 0.0920.